The predicted octanol–water partition coefficient (Wildman–Crippen LogP) is 1.56. The van der Waals surface area contributed by atoms with Gasteiger partial charge in [-0.2, -0.15) is 0 Å². The summed E-state index contributed by atoms with van der Waals surface area (Å²) in [6, 6.07) is 7.64. The second kappa shape index (κ2) is 3.24. The smallest absolute Gasteiger partial charge is 0.215 e. The third-order valence-electron chi connectivity index (χ3n) is 2.26. The molecule has 2 N–H and O–H groups in total. The Morgan fingerprint density at radius 3 is 2.53 bits per heavy atom. The van der Waals surface area contributed by atoms with Crippen LogP contribution in [0.4, 0.5) is 0 Å². The summed E-state index contributed by atoms with van der Waals surface area (Å²) in [6.07, 6.45) is 1.49. The third-order valence-corrected chi connectivity index (χ3v) is 3.60. The first-order valence-corrected chi connectivity index (χ1v) is 6.05. The zero-order chi connectivity index (χ0) is 11.1. The van der Waals surface area contributed by atoms with E-state index in [-0.39, 0.29) is 5.03 Å². The molecule has 0 spiro atoms. The normalized spacial score (nSPS) is 18.5. The van der Waals surface area contributed by atoms with Gasteiger partial charge in [0.2, 0.25) is 9.84 Å². The van der Waals surface area contributed by atoms with Crippen molar-refractivity contribution in [1.29, 1.82) is 0 Å². The predicted molar refractivity (Wildman–Crippen MR) is 60.3 cm³/mol. The Morgan fingerprint density at radius 1 is 1.27 bits per heavy atom. The SMILES string of the molecule is Cc1cccc(C2=CS(=O)(=O)C(N)=C2)c1. The molecule has 1 aliphatic heterocycles. The Morgan fingerprint density at radius 2 is 2.00 bits per heavy atom. The van der Waals surface area contributed by atoms with Crippen LogP contribution in [-0.2, 0) is 9.84 Å². The number of nitrogens with two attached hydrogens (primary N) is 1. The van der Waals surface area contributed by atoms with Crippen LogP contribution in [0, 0.1) is 6.92 Å². The average molecular weight is 221 g/mol. The summed E-state index contributed by atoms with van der Waals surface area (Å²) in [6.45, 7) is 1.96. The minimum absolute atomic E-state index is 0.0843. The van der Waals surface area contributed by atoms with E-state index >= 15 is 0 Å². The van der Waals surface area contributed by atoms with Gasteiger partial charge in [0, 0.05) is 5.41 Å². The minimum Gasteiger partial charge on any atom is -0.389 e. The van der Waals surface area contributed by atoms with Gasteiger partial charge in [0.15, 0.2) is 0 Å². The number of rotatable bonds is 1. The molecule has 0 aliphatic carbocycles. The fourth-order valence-electron chi connectivity index (χ4n) is 1.48. The van der Waals surface area contributed by atoms with Gasteiger partial charge in [-0.3, -0.25) is 0 Å². The topological polar surface area (TPSA) is 60.2 Å². The maximum absolute atomic E-state index is 11.4. The Labute approximate surface area is 88.8 Å². The lowest BCUT2D eigenvalue weighted by atomic mass is 10.1. The first-order chi connectivity index (χ1) is 6.99. The molecular weight excluding hydrogens is 210 g/mol. The molecule has 0 atom stereocenters. The van der Waals surface area contributed by atoms with E-state index in [1.165, 1.54) is 11.5 Å². The number of hydrogen-bond acceptors (Lipinski definition) is 3. The Balaban J connectivity index is 2.53. The van der Waals surface area contributed by atoms with Crippen LogP contribution in [-0.4, -0.2) is 8.42 Å². The molecule has 1 aliphatic rings. The molecule has 3 nitrogen and oxygen atoms in total. The highest BCUT2D eigenvalue weighted by molar-refractivity contribution is 7.98. The van der Waals surface area contributed by atoms with Crippen molar-refractivity contribution >= 4 is 15.4 Å². The fraction of sp³-hybridized carbons (Fsp3) is 0.0909. The third kappa shape index (κ3) is 1.80. The minimum atomic E-state index is -3.36. The highest BCUT2D eigenvalue weighted by Gasteiger charge is 2.20. The summed E-state index contributed by atoms with van der Waals surface area (Å²) in [5.41, 5.74) is 8.01. The molecule has 0 unspecified atom stereocenters. The van der Waals surface area contributed by atoms with Crippen LogP contribution in [0.25, 0.3) is 5.57 Å². The largest absolute Gasteiger partial charge is 0.389 e. The van der Waals surface area contributed by atoms with Gasteiger partial charge in [0.05, 0.1) is 0 Å². The van der Waals surface area contributed by atoms with E-state index in [4.69, 9.17) is 5.73 Å². The van der Waals surface area contributed by atoms with Gasteiger partial charge in [0.25, 0.3) is 0 Å². The lowest BCUT2D eigenvalue weighted by Gasteiger charge is -1.99. The summed E-state index contributed by atoms with van der Waals surface area (Å²) in [5, 5.41) is 1.12. The standard InChI is InChI=1S/C11H11NO2S/c1-8-3-2-4-9(5-8)10-6-11(12)15(13,14)7-10/h2-7H,12H2,1H3. The monoisotopic (exact) mass is 221 g/mol. The van der Waals surface area contributed by atoms with Crippen molar-refractivity contribution in [3.05, 3.63) is 51.9 Å². The molecule has 0 saturated heterocycles. The molecule has 15 heavy (non-hydrogen) atoms. The van der Waals surface area contributed by atoms with E-state index in [2.05, 4.69) is 0 Å². The van der Waals surface area contributed by atoms with Crippen LogP contribution >= 0.6 is 0 Å². The van der Waals surface area contributed by atoms with E-state index in [0.717, 1.165) is 11.1 Å². The van der Waals surface area contributed by atoms with Gasteiger partial charge < -0.3 is 5.73 Å². The summed E-state index contributed by atoms with van der Waals surface area (Å²) in [5.74, 6) is 0. The van der Waals surface area contributed by atoms with Crippen LogP contribution in [0.5, 0.6) is 0 Å². The van der Waals surface area contributed by atoms with Crippen LogP contribution in [0.15, 0.2) is 40.8 Å². The molecule has 1 aromatic rings. The van der Waals surface area contributed by atoms with E-state index < -0.39 is 9.84 Å². The van der Waals surface area contributed by atoms with Crippen molar-refractivity contribution in [2.45, 2.75) is 6.92 Å². The number of allylic oxidation sites excluding steroid dienone is 2. The number of sulfone groups is 1. The van der Waals surface area contributed by atoms with Crippen molar-refractivity contribution < 1.29 is 8.42 Å². The highest BCUT2D eigenvalue weighted by Crippen LogP contribution is 2.26. The highest BCUT2D eigenvalue weighted by atomic mass is 32.2. The molecule has 78 valence electrons. The average Bonchev–Trinajstić information content (AvgIpc) is 2.42. The van der Waals surface area contributed by atoms with Gasteiger partial charge in [-0.25, -0.2) is 8.42 Å². The molecule has 4 heteroatoms. The number of aryl methyl sites for hydroxylation is 1. The maximum atomic E-state index is 11.4. The van der Waals surface area contributed by atoms with Crippen molar-refractivity contribution in [3.8, 4) is 0 Å². The lowest BCUT2D eigenvalue weighted by molar-refractivity contribution is 0.610. The lowest BCUT2D eigenvalue weighted by Crippen LogP contribution is -2.04. The molecule has 2 rings (SSSR count). The van der Waals surface area contributed by atoms with Crippen LogP contribution in [0.1, 0.15) is 11.1 Å². The number of hydrogen-bond donors (Lipinski definition) is 1. The molecule has 0 bridgehead atoms. The Hall–Kier alpha value is -1.55. The van der Waals surface area contributed by atoms with Crippen LogP contribution < -0.4 is 5.73 Å². The molecule has 0 amide bonds. The Bertz CT molecular complexity index is 568. The molecule has 1 aromatic carbocycles. The molecule has 0 radical (unpaired) electrons. The van der Waals surface area contributed by atoms with Crippen LogP contribution in [0.2, 0.25) is 0 Å². The zero-order valence-electron chi connectivity index (χ0n) is 8.27. The fourth-order valence-corrected chi connectivity index (χ4v) is 2.45. The quantitative estimate of drug-likeness (QED) is 0.783. The molecule has 0 fully saturated rings. The zero-order valence-corrected chi connectivity index (χ0v) is 9.08. The van der Waals surface area contributed by atoms with Gasteiger partial charge in [0.1, 0.15) is 5.03 Å². The van der Waals surface area contributed by atoms with Gasteiger partial charge >= 0.3 is 0 Å². The molecular formula is C11H11NO2S. The van der Waals surface area contributed by atoms with E-state index in [9.17, 15) is 8.42 Å². The van der Waals surface area contributed by atoms with Crippen LogP contribution in [0.3, 0.4) is 0 Å². The van der Waals surface area contributed by atoms with E-state index in [0.29, 0.717) is 5.57 Å². The summed E-state index contributed by atoms with van der Waals surface area (Å²) < 4.78 is 22.7. The number of benzene rings is 1. The summed E-state index contributed by atoms with van der Waals surface area (Å²) in [7, 11) is -3.36. The van der Waals surface area contributed by atoms with Gasteiger partial charge in [-0.05, 0) is 24.1 Å². The maximum Gasteiger partial charge on any atom is 0.215 e. The van der Waals surface area contributed by atoms with Crippen molar-refractivity contribution in [1.82, 2.24) is 0 Å². The molecule has 0 aromatic heterocycles. The van der Waals surface area contributed by atoms with E-state index in [1.807, 2.05) is 31.2 Å². The summed E-state index contributed by atoms with van der Waals surface area (Å²) >= 11 is 0. The van der Waals surface area contributed by atoms with Crippen molar-refractivity contribution in [2.75, 3.05) is 0 Å². The van der Waals surface area contributed by atoms with E-state index in [1.54, 1.807) is 0 Å². The molecule has 1 heterocycles. The first kappa shape index (κ1) is 9.98. The molecule has 0 saturated carbocycles. The van der Waals surface area contributed by atoms with Gasteiger partial charge in [-0.1, -0.05) is 29.8 Å². The second-order valence-corrected chi connectivity index (χ2v) is 5.33. The summed E-state index contributed by atoms with van der Waals surface area (Å²) in [4.78, 5) is 0. The first-order valence-electron chi connectivity index (χ1n) is 4.50. The Kier molecular flexibility index (Phi) is 2.16. The second-order valence-electron chi connectivity index (χ2n) is 3.53. The van der Waals surface area contributed by atoms with Gasteiger partial charge in [-0.15, -0.1) is 0 Å². The van der Waals surface area contributed by atoms with Crippen molar-refractivity contribution in [3.63, 3.8) is 0 Å². The van der Waals surface area contributed by atoms with Crippen molar-refractivity contribution in [2.24, 2.45) is 5.73 Å².